The Bertz CT molecular complexity index is 358. The molecular weight excluding hydrogens is 282 g/mol. The lowest BCUT2D eigenvalue weighted by Crippen LogP contribution is -2.34. The highest BCUT2D eigenvalue weighted by Gasteiger charge is 2.27. The maximum absolute atomic E-state index is 11.3. The minimum atomic E-state index is -2.81. The first-order valence-corrected chi connectivity index (χ1v) is 9.00. The van der Waals surface area contributed by atoms with Gasteiger partial charge in [-0.1, -0.05) is 0 Å². The predicted octanol–water partition coefficient (Wildman–Crippen LogP) is -0.187. The van der Waals surface area contributed by atoms with Crippen molar-refractivity contribution in [1.82, 2.24) is 5.32 Å². The van der Waals surface area contributed by atoms with Crippen molar-refractivity contribution in [2.24, 2.45) is 5.92 Å². The van der Waals surface area contributed by atoms with E-state index in [1.54, 1.807) is 0 Å². The zero-order chi connectivity index (χ0) is 15.0. The third-order valence-corrected chi connectivity index (χ3v) is 4.97. The van der Waals surface area contributed by atoms with Crippen LogP contribution in [-0.2, 0) is 19.3 Å². The Morgan fingerprint density at radius 1 is 1.35 bits per heavy atom. The number of rotatable bonds is 10. The van der Waals surface area contributed by atoms with Crippen LogP contribution in [0.2, 0.25) is 0 Å². The molecule has 1 fully saturated rings. The summed E-state index contributed by atoms with van der Waals surface area (Å²) in [5.41, 5.74) is 0. The Morgan fingerprint density at radius 2 is 2.10 bits per heavy atom. The van der Waals surface area contributed by atoms with Crippen molar-refractivity contribution in [2.45, 2.75) is 32.5 Å². The molecule has 2 N–H and O–H groups in total. The Morgan fingerprint density at radius 3 is 2.70 bits per heavy atom. The lowest BCUT2D eigenvalue weighted by atomic mass is 10.1. The number of ether oxygens (including phenoxy) is 2. The Kier molecular flexibility index (Phi) is 7.98. The quantitative estimate of drug-likeness (QED) is 0.544. The average molecular weight is 309 g/mol. The van der Waals surface area contributed by atoms with Gasteiger partial charge in [0.1, 0.15) is 0 Å². The Hall–Kier alpha value is -0.210. The summed E-state index contributed by atoms with van der Waals surface area (Å²) < 4.78 is 33.2. The summed E-state index contributed by atoms with van der Waals surface area (Å²) in [6.07, 6.45) is 0.328. The number of nitrogens with one attached hydrogen (secondary N) is 1. The number of aliphatic hydroxyl groups is 1. The molecule has 0 radical (unpaired) electrons. The van der Waals surface area contributed by atoms with Crippen molar-refractivity contribution in [1.29, 1.82) is 0 Å². The van der Waals surface area contributed by atoms with E-state index < -0.39 is 15.9 Å². The molecule has 1 aliphatic rings. The number of sulfone groups is 1. The smallest absolute Gasteiger partial charge is 0.150 e. The van der Waals surface area contributed by atoms with E-state index in [4.69, 9.17) is 9.47 Å². The standard InChI is InChI=1S/C13H27NO5S/c1-11(2)19-5-4-18-9-13(15)8-14-7-12-3-6-20(16,17)10-12/h11-15H,3-10H2,1-2H3. The normalized spacial score (nSPS) is 23.3. The molecule has 1 saturated heterocycles. The van der Waals surface area contributed by atoms with Gasteiger partial charge >= 0.3 is 0 Å². The first kappa shape index (κ1) is 17.8. The first-order chi connectivity index (χ1) is 9.39. The molecule has 0 saturated carbocycles. The van der Waals surface area contributed by atoms with Crippen molar-refractivity contribution in [3.05, 3.63) is 0 Å². The van der Waals surface area contributed by atoms with Crippen LogP contribution in [0.1, 0.15) is 20.3 Å². The summed E-state index contributed by atoms with van der Waals surface area (Å²) in [7, 11) is -2.81. The van der Waals surface area contributed by atoms with Crippen LogP contribution in [0.15, 0.2) is 0 Å². The third kappa shape index (κ3) is 8.16. The molecule has 1 heterocycles. The summed E-state index contributed by atoms with van der Waals surface area (Å²) in [5, 5.41) is 12.8. The monoisotopic (exact) mass is 309 g/mol. The average Bonchev–Trinajstić information content (AvgIpc) is 2.68. The van der Waals surface area contributed by atoms with Gasteiger partial charge in [-0.2, -0.15) is 0 Å². The van der Waals surface area contributed by atoms with Crippen LogP contribution in [0.3, 0.4) is 0 Å². The zero-order valence-corrected chi connectivity index (χ0v) is 13.2. The largest absolute Gasteiger partial charge is 0.389 e. The fourth-order valence-electron chi connectivity index (χ4n) is 2.11. The van der Waals surface area contributed by atoms with Crippen LogP contribution in [-0.4, -0.2) is 70.1 Å². The second-order valence-electron chi connectivity index (χ2n) is 5.58. The molecule has 0 aliphatic carbocycles. The van der Waals surface area contributed by atoms with Gasteiger partial charge in [-0.3, -0.25) is 0 Å². The molecule has 0 spiro atoms. The van der Waals surface area contributed by atoms with E-state index in [1.807, 2.05) is 13.8 Å². The van der Waals surface area contributed by atoms with Crippen LogP contribution < -0.4 is 5.32 Å². The van der Waals surface area contributed by atoms with Crippen molar-refractivity contribution in [3.8, 4) is 0 Å². The summed E-state index contributed by atoms with van der Waals surface area (Å²) in [5.74, 6) is 0.729. The highest BCUT2D eigenvalue weighted by Crippen LogP contribution is 2.17. The van der Waals surface area contributed by atoms with Gasteiger partial charge < -0.3 is 19.9 Å². The van der Waals surface area contributed by atoms with Crippen molar-refractivity contribution in [3.63, 3.8) is 0 Å². The Balaban J connectivity index is 1.96. The van der Waals surface area contributed by atoms with E-state index in [0.717, 1.165) is 0 Å². The van der Waals surface area contributed by atoms with E-state index in [-0.39, 0.29) is 24.4 Å². The molecule has 7 heteroatoms. The molecule has 0 aromatic carbocycles. The zero-order valence-electron chi connectivity index (χ0n) is 12.4. The number of hydrogen-bond donors (Lipinski definition) is 2. The molecule has 0 amide bonds. The molecule has 2 atom stereocenters. The van der Waals surface area contributed by atoms with E-state index >= 15 is 0 Å². The fourth-order valence-corrected chi connectivity index (χ4v) is 3.97. The van der Waals surface area contributed by atoms with Gasteiger partial charge in [0.2, 0.25) is 0 Å². The van der Waals surface area contributed by atoms with Crippen LogP contribution in [0.25, 0.3) is 0 Å². The van der Waals surface area contributed by atoms with E-state index in [1.165, 1.54) is 0 Å². The molecule has 0 aromatic rings. The molecule has 1 aliphatic heterocycles. The van der Waals surface area contributed by atoms with Gasteiger partial charge in [-0.15, -0.1) is 0 Å². The van der Waals surface area contributed by atoms with Gasteiger partial charge in [0.25, 0.3) is 0 Å². The lowest BCUT2D eigenvalue weighted by Gasteiger charge is -2.14. The van der Waals surface area contributed by atoms with Crippen molar-refractivity contribution in [2.75, 3.05) is 44.4 Å². The SMILES string of the molecule is CC(C)OCCOCC(O)CNCC1CCS(=O)(=O)C1. The maximum Gasteiger partial charge on any atom is 0.150 e. The van der Waals surface area contributed by atoms with Crippen molar-refractivity contribution < 1.29 is 23.0 Å². The third-order valence-electron chi connectivity index (χ3n) is 3.13. The Labute approximate surface area is 121 Å². The minimum absolute atomic E-state index is 0.174. The van der Waals surface area contributed by atoms with Gasteiger partial charge in [0.15, 0.2) is 9.84 Å². The molecule has 0 bridgehead atoms. The summed E-state index contributed by atoms with van der Waals surface area (Å²) in [6, 6.07) is 0. The summed E-state index contributed by atoms with van der Waals surface area (Å²) >= 11 is 0. The predicted molar refractivity (Wildman–Crippen MR) is 77.5 cm³/mol. The lowest BCUT2D eigenvalue weighted by molar-refractivity contribution is -0.0100. The highest BCUT2D eigenvalue weighted by molar-refractivity contribution is 7.91. The van der Waals surface area contributed by atoms with E-state index in [2.05, 4.69) is 5.32 Å². The number of aliphatic hydroxyl groups excluding tert-OH is 1. The molecule has 20 heavy (non-hydrogen) atoms. The topological polar surface area (TPSA) is 84.9 Å². The molecule has 2 unspecified atom stereocenters. The molecule has 0 aromatic heterocycles. The van der Waals surface area contributed by atoms with Gasteiger partial charge in [-0.25, -0.2) is 8.42 Å². The second kappa shape index (κ2) is 8.94. The highest BCUT2D eigenvalue weighted by atomic mass is 32.2. The summed E-state index contributed by atoms with van der Waals surface area (Å²) in [4.78, 5) is 0. The molecule has 1 rings (SSSR count). The van der Waals surface area contributed by atoms with E-state index in [9.17, 15) is 13.5 Å². The maximum atomic E-state index is 11.3. The van der Waals surface area contributed by atoms with Gasteiger partial charge in [-0.05, 0) is 32.7 Å². The van der Waals surface area contributed by atoms with Gasteiger partial charge in [0.05, 0.1) is 43.5 Å². The molecular formula is C13H27NO5S. The van der Waals surface area contributed by atoms with Gasteiger partial charge in [0, 0.05) is 6.54 Å². The molecule has 6 nitrogen and oxygen atoms in total. The first-order valence-electron chi connectivity index (χ1n) is 7.17. The second-order valence-corrected chi connectivity index (χ2v) is 7.80. The summed E-state index contributed by atoms with van der Waals surface area (Å²) in [6.45, 7) is 6.23. The minimum Gasteiger partial charge on any atom is -0.389 e. The van der Waals surface area contributed by atoms with Crippen LogP contribution in [0, 0.1) is 5.92 Å². The number of hydrogen-bond acceptors (Lipinski definition) is 6. The van der Waals surface area contributed by atoms with Crippen LogP contribution >= 0.6 is 0 Å². The van der Waals surface area contributed by atoms with Crippen LogP contribution in [0.5, 0.6) is 0 Å². The van der Waals surface area contributed by atoms with Crippen molar-refractivity contribution >= 4 is 9.84 Å². The van der Waals surface area contributed by atoms with Crippen LogP contribution in [0.4, 0.5) is 0 Å². The molecule has 120 valence electrons. The van der Waals surface area contributed by atoms with E-state index in [0.29, 0.717) is 38.5 Å². The fraction of sp³-hybridized carbons (Fsp3) is 1.00.